The number of hydrogen-bond donors (Lipinski definition) is 1. The van der Waals surface area contributed by atoms with E-state index >= 15 is 0 Å². The average molecular weight is 428 g/mol. The van der Waals surface area contributed by atoms with Crippen molar-refractivity contribution in [1.82, 2.24) is 5.06 Å². The summed E-state index contributed by atoms with van der Waals surface area (Å²) in [5.74, 6) is -0.253. The van der Waals surface area contributed by atoms with Gasteiger partial charge in [-0.15, -0.1) is 0 Å². The van der Waals surface area contributed by atoms with Gasteiger partial charge in [-0.2, -0.15) is 0 Å². The predicted octanol–water partition coefficient (Wildman–Crippen LogP) is 5.08. The van der Waals surface area contributed by atoms with E-state index in [0.717, 1.165) is 10.6 Å². The molecule has 32 heavy (non-hydrogen) atoms. The summed E-state index contributed by atoms with van der Waals surface area (Å²) >= 11 is 0. The summed E-state index contributed by atoms with van der Waals surface area (Å²) in [6.07, 6.45) is 2.58. The Hall–Kier alpha value is -3.90. The minimum Gasteiger partial charge on any atom is -0.448 e. The van der Waals surface area contributed by atoms with Gasteiger partial charge < -0.3 is 4.74 Å². The maximum Gasteiger partial charge on any atom is 0.411 e. The molecule has 0 aliphatic heterocycles. The first-order chi connectivity index (χ1) is 15.6. The number of benzene rings is 3. The van der Waals surface area contributed by atoms with Crippen LogP contribution in [0, 0.1) is 0 Å². The Morgan fingerprint density at radius 1 is 0.938 bits per heavy atom. The van der Waals surface area contributed by atoms with Crippen molar-refractivity contribution in [2.24, 2.45) is 0 Å². The van der Waals surface area contributed by atoms with Crippen molar-refractivity contribution in [1.29, 1.82) is 0 Å². The molecule has 1 aliphatic carbocycles. The number of hydroxylamine groups is 2. The molecule has 0 saturated carbocycles. The maximum absolute atomic E-state index is 12.4. The van der Waals surface area contributed by atoms with Crippen LogP contribution in [0.3, 0.4) is 0 Å². The highest BCUT2D eigenvalue weighted by atomic mass is 16.7. The zero-order valence-corrected chi connectivity index (χ0v) is 17.9. The Balaban J connectivity index is 1.36. The van der Waals surface area contributed by atoms with Crippen LogP contribution < -0.4 is 5.32 Å². The summed E-state index contributed by atoms with van der Waals surface area (Å²) in [4.78, 5) is 29.0. The normalized spacial score (nSPS) is 12.3. The molecule has 2 amide bonds. The van der Waals surface area contributed by atoms with Crippen molar-refractivity contribution in [2.75, 3.05) is 26.1 Å². The quantitative estimate of drug-likeness (QED) is 0.439. The number of hydrogen-bond acceptors (Lipinski definition) is 4. The molecule has 0 atom stereocenters. The van der Waals surface area contributed by atoms with E-state index in [1.165, 1.54) is 42.5 Å². The summed E-state index contributed by atoms with van der Waals surface area (Å²) in [5, 5.41) is 3.88. The first kappa shape index (κ1) is 21.3. The van der Waals surface area contributed by atoms with Crippen molar-refractivity contribution >= 4 is 23.8 Å². The number of nitrogens with one attached hydrogen (secondary N) is 1. The monoisotopic (exact) mass is 428 g/mol. The van der Waals surface area contributed by atoms with Crippen LogP contribution in [0.4, 0.5) is 10.5 Å². The van der Waals surface area contributed by atoms with Gasteiger partial charge in [-0.1, -0.05) is 60.7 Å². The van der Waals surface area contributed by atoms with E-state index in [1.54, 1.807) is 30.3 Å². The van der Waals surface area contributed by atoms with E-state index in [2.05, 4.69) is 29.6 Å². The van der Waals surface area contributed by atoms with Gasteiger partial charge in [0.1, 0.15) is 6.61 Å². The minimum atomic E-state index is -0.507. The number of likely N-dealkylation sites (N-methyl/N-ethyl adjacent to an activating group) is 1. The number of ether oxygens (including phenoxy) is 1. The van der Waals surface area contributed by atoms with Crippen molar-refractivity contribution < 1.29 is 19.2 Å². The summed E-state index contributed by atoms with van der Waals surface area (Å²) in [6.45, 7) is 0.260. The molecule has 1 N–H and O–H groups in total. The van der Waals surface area contributed by atoms with E-state index in [1.807, 2.05) is 24.3 Å². The molecule has 0 bridgehead atoms. The number of rotatable bonds is 6. The lowest BCUT2D eigenvalue weighted by Crippen LogP contribution is -2.22. The Labute approximate surface area is 187 Å². The molecular weight excluding hydrogens is 404 g/mol. The van der Waals surface area contributed by atoms with Gasteiger partial charge in [0.05, 0.1) is 7.11 Å². The maximum atomic E-state index is 12.4. The number of carbonyl (C=O) groups is 2. The average Bonchev–Trinajstić information content (AvgIpc) is 3.15. The number of amides is 2. The Bertz CT molecular complexity index is 1110. The number of nitrogens with zero attached hydrogens (tertiary/aromatic N) is 1. The molecule has 0 fully saturated rings. The van der Waals surface area contributed by atoms with Crippen molar-refractivity contribution in [2.45, 2.75) is 5.92 Å². The molecule has 0 spiro atoms. The smallest absolute Gasteiger partial charge is 0.411 e. The fourth-order valence-electron chi connectivity index (χ4n) is 3.79. The Kier molecular flexibility index (Phi) is 6.33. The molecular formula is C26H24N2O4. The van der Waals surface area contributed by atoms with E-state index in [-0.39, 0.29) is 18.4 Å². The highest BCUT2D eigenvalue weighted by Gasteiger charge is 2.28. The molecule has 1 aliphatic rings. The molecule has 6 heteroatoms. The molecule has 162 valence electrons. The van der Waals surface area contributed by atoms with Gasteiger partial charge in [-0.3, -0.25) is 14.9 Å². The second-order valence-corrected chi connectivity index (χ2v) is 7.42. The second kappa shape index (κ2) is 9.49. The fraction of sp³-hybridized carbons (Fsp3) is 0.154. The van der Waals surface area contributed by atoms with Crippen LogP contribution in [0.25, 0.3) is 17.2 Å². The molecule has 4 rings (SSSR count). The van der Waals surface area contributed by atoms with Gasteiger partial charge in [0, 0.05) is 24.7 Å². The first-order valence-electron chi connectivity index (χ1n) is 10.3. The van der Waals surface area contributed by atoms with Crippen molar-refractivity contribution in [3.63, 3.8) is 0 Å². The van der Waals surface area contributed by atoms with Gasteiger partial charge in [0.25, 0.3) is 5.91 Å². The number of fused-ring (bicyclic) bond motifs is 3. The first-order valence-corrected chi connectivity index (χ1v) is 10.3. The lowest BCUT2D eigenvalue weighted by atomic mass is 9.98. The van der Waals surface area contributed by atoms with Crippen LogP contribution in [0.15, 0.2) is 78.9 Å². The van der Waals surface area contributed by atoms with E-state index in [0.29, 0.717) is 5.69 Å². The van der Waals surface area contributed by atoms with Crippen molar-refractivity contribution in [3.05, 3.63) is 95.6 Å². The second-order valence-electron chi connectivity index (χ2n) is 7.42. The largest absolute Gasteiger partial charge is 0.448 e. The van der Waals surface area contributed by atoms with Crippen LogP contribution in [-0.4, -0.2) is 37.8 Å². The van der Waals surface area contributed by atoms with Gasteiger partial charge in [-0.25, -0.2) is 9.86 Å². The van der Waals surface area contributed by atoms with Crippen LogP contribution in [-0.2, 0) is 14.4 Å². The number of carbonyl (C=O) groups excluding carboxylic acids is 2. The zero-order chi connectivity index (χ0) is 22.5. The lowest BCUT2D eigenvalue weighted by Gasteiger charge is -2.14. The molecule has 0 saturated heterocycles. The summed E-state index contributed by atoms with van der Waals surface area (Å²) < 4.78 is 5.56. The molecule has 0 unspecified atom stereocenters. The van der Waals surface area contributed by atoms with Gasteiger partial charge in [0.15, 0.2) is 0 Å². The van der Waals surface area contributed by atoms with Gasteiger partial charge >= 0.3 is 6.09 Å². The predicted molar refractivity (Wildman–Crippen MR) is 124 cm³/mol. The SMILES string of the molecule is CON(C)C(=O)/C=C/c1ccc(NC(=O)OCC2c3ccccc3-c3ccccc32)cc1. The molecule has 0 aromatic heterocycles. The third-order valence-electron chi connectivity index (χ3n) is 5.50. The summed E-state index contributed by atoms with van der Waals surface area (Å²) in [5.41, 5.74) is 6.16. The Morgan fingerprint density at radius 3 is 2.12 bits per heavy atom. The summed E-state index contributed by atoms with van der Waals surface area (Å²) in [6, 6.07) is 23.6. The van der Waals surface area contributed by atoms with Crippen molar-refractivity contribution in [3.8, 4) is 11.1 Å². The summed E-state index contributed by atoms with van der Waals surface area (Å²) in [7, 11) is 2.96. The van der Waals surface area contributed by atoms with Crippen LogP contribution in [0.2, 0.25) is 0 Å². The van der Waals surface area contributed by atoms with E-state index in [4.69, 9.17) is 9.57 Å². The molecule has 3 aromatic rings. The minimum absolute atomic E-state index is 0.0171. The van der Waals surface area contributed by atoms with Gasteiger partial charge in [0.2, 0.25) is 0 Å². The highest BCUT2D eigenvalue weighted by Crippen LogP contribution is 2.44. The molecule has 3 aromatic carbocycles. The van der Waals surface area contributed by atoms with Crippen LogP contribution in [0.1, 0.15) is 22.6 Å². The fourth-order valence-corrected chi connectivity index (χ4v) is 3.79. The lowest BCUT2D eigenvalue weighted by molar-refractivity contribution is -0.162. The molecule has 6 nitrogen and oxygen atoms in total. The number of anilines is 1. The third kappa shape index (κ3) is 4.55. The topological polar surface area (TPSA) is 67.9 Å². The van der Waals surface area contributed by atoms with Crippen LogP contribution >= 0.6 is 0 Å². The molecule has 0 radical (unpaired) electrons. The molecule has 0 heterocycles. The standard InChI is InChI=1S/C26H24N2O4/c1-28(31-2)25(29)16-13-18-11-14-19(15-12-18)27-26(30)32-17-24-22-9-5-3-7-20(22)21-8-4-6-10-23(21)24/h3-16,24H,17H2,1-2H3,(H,27,30)/b16-13+. The van der Waals surface area contributed by atoms with Crippen LogP contribution in [0.5, 0.6) is 0 Å². The van der Waals surface area contributed by atoms with Gasteiger partial charge in [-0.05, 0) is 46.0 Å². The third-order valence-corrected chi connectivity index (χ3v) is 5.50. The van der Waals surface area contributed by atoms with E-state index < -0.39 is 6.09 Å². The highest BCUT2D eigenvalue weighted by molar-refractivity contribution is 5.91. The Morgan fingerprint density at radius 2 is 1.53 bits per heavy atom. The zero-order valence-electron chi connectivity index (χ0n) is 17.9. The van der Waals surface area contributed by atoms with E-state index in [9.17, 15) is 9.59 Å².